The Morgan fingerprint density at radius 1 is 0.892 bits per heavy atom. The van der Waals surface area contributed by atoms with Crippen LogP contribution in [0.25, 0.3) is 0 Å². The SMILES string of the molecule is Cc1ccc(S(=O)(=O)N2CCN(Cc3ccc(C(=O)NCCSCc4ccccc4C)cc3)CC2)cc1. The van der Waals surface area contributed by atoms with Crippen molar-refractivity contribution in [2.45, 2.75) is 31.0 Å². The fraction of sp³-hybridized carbons (Fsp3) is 0.345. The highest BCUT2D eigenvalue weighted by Crippen LogP contribution is 2.19. The highest BCUT2D eigenvalue weighted by molar-refractivity contribution is 7.98. The average Bonchev–Trinajstić information content (AvgIpc) is 2.90. The Hall–Kier alpha value is -2.65. The third-order valence-electron chi connectivity index (χ3n) is 6.66. The van der Waals surface area contributed by atoms with Gasteiger partial charge in [-0.3, -0.25) is 9.69 Å². The second-order valence-corrected chi connectivity index (χ2v) is 12.5. The maximum absolute atomic E-state index is 12.9. The molecule has 0 aromatic heterocycles. The normalized spacial score (nSPS) is 15.0. The van der Waals surface area contributed by atoms with Gasteiger partial charge in [0.2, 0.25) is 10.0 Å². The molecule has 3 aromatic rings. The first-order valence-corrected chi connectivity index (χ1v) is 15.2. The molecular weight excluding hydrogens is 502 g/mol. The number of benzene rings is 3. The van der Waals surface area contributed by atoms with Crippen molar-refractivity contribution in [2.24, 2.45) is 0 Å². The fourth-order valence-electron chi connectivity index (χ4n) is 4.30. The van der Waals surface area contributed by atoms with Crippen molar-refractivity contribution >= 4 is 27.7 Å². The molecule has 1 amide bonds. The number of nitrogens with one attached hydrogen (secondary N) is 1. The molecule has 0 unspecified atom stereocenters. The van der Waals surface area contributed by atoms with Crippen molar-refractivity contribution in [3.8, 4) is 0 Å². The quantitative estimate of drug-likeness (QED) is 0.387. The van der Waals surface area contributed by atoms with Gasteiger partial charge >= 0.3 is 0 Å². The van der Waals surface area contributed by atoms with E-state index >= 15 is 0 Å². The number of nitrogens with zero attached hydrogens (tertiary/aromatic N) is 2. The molecular formula is C29H35N3O3S2. The molecule has 0 radical (unpaired) electrons. The highest BCUT2D eigenvalue weighted by Gasteiger charge is 2.28. The second-order valence-electron chi connectivity index (χ2n) is 9.43. The molecule has 0 saturated carbocycles. The topological polar surface area (TPSA) is 69.7 Å². The number of thioether (sulfide) groups is 1. The summed E-state index contributed by atoms with van der Waals surface area (Å²) in [5.41, 5.74) is 5.44. The van der Waals surface area contributed by atoms with E-state index in [-0.39, 0.29) is 5.91 Å². The lowest BCUT2D eigenvalue weighted by Crippen LogP contribution is -2.48. The monoisotopic (exact) mass is 537 g/mol. The Labute approximate surface area is 225 Å². The molecule has 1 fully saturated rings. The molecule has 8 heteroatoms. The van der Waals surface area contributed by atoms with E-state index in [0.29, 0.717) is 43.2 Å². The van der Waals surface area contributed by atoms with Crippen LogP contribution in [0.4, 0.5) is 0 Å². The van der Waals surface area contributed by atoms with E-state index in [1.165, 1.54) is 11.1 Å². The van der Waals surface area contributed by atoms with Gasteiger partial charge in [-0.05, 0) is 54.8 Å². The van der Waals surface area contributed by atoms with E-state index in [1.54, 1.807) is 16.4 Å². The molecule has 1 N–H and O–H groups in total. The van der Waals surface area contributed by atoms with Crippen LogP contribution in [-0.2, 0) is 22.3 Å². The van der Waals surface area contributed by atoms with Gasteiger partial charge in [0, 0.05) is 56.3 Å². The maximum atomic E-state index is 12.9. The van der Waals surface area contributed by atoms with E-state index in [2.05, 4.69) is 41.4 Å². The third kappa shape index (κ3) is 7.45. The van der Waals surface area contributed by atoms with Gasteiger partial charge in [0.15, 0.2) is 0 Å². The molecule has 0 aliphatic carbocycles. The smallest absolute Gasteiger partial charge is 0.251 e. The number of aryl methyl sites for hydroxylation is 2. The summed E-state index contributed by atoms with van der Waals surface area (Å²) in [4.78, 5) is 15.1. The Morgan fingerprint density at radius 3 is 2.24 bits per heavy atom. The number of amides is 1. The first kappa shape index (κ1) is 27.4. The Morgan fingerprint density at radius 2 is 1.57 bits per heavy atom. The van der Waals surface area contributed by atoms with Crippen molar-refractivity contribution in [1.82, 2.24) is 14.5 Å². The lowest BCUT2D eigenvalue weighted by atomic mass is 10.1. The summed E-state index contributed by atoms with van der Waals surface area (Å²) in [5, 5.41) is 3.00. The molecule has 1 aliphatic rings. The second kappa shape index (κ2) is 12.7. The molecule has 1 saturated heterocycles. The zero-order chi connectivity index (χ0) is 26.3. The van der Waals surface area contributed by atoms with E-state index in [1.807, 2.05) is 55.1 Å². The van der Waals surface area contributed by atoms with Crippen LogP contribution < -0.4 is 5.32 Å². The summed E-state index contributed by atoms with van der Waals surface area (Å²) >= 11 is 1.82. The van der Waals surface area contributed by atoms with Gasteiger partial charge in [-0.25, -0.2) is 8.42 Å². The Bertz CT molecular complexity index is 1280. The minimum Gasteiger partial charge on any atom is -0.351 e. The predicted molar refractivity (Wildman–Crippen MR) is 151 cm³/mol. The first-order valence-electron chi connectivity index (χ1n) is 12.6. The molecule has 0 atom stereocenters. The molecule has 1 aliphatic heterocycles. The number of carbonyl (C=O) groups is 1. The third-order valence-corrected chi connectivity index (χ3v) is 9.58. The summed E-state index contributed by atoms with van der Waals surface area (Å²) in [5.74, 6) is 1.76. The molecule has 0 bridgehead atoms. The van der Waals surface area contributed by atoms with Gasteiger partial charge in [0.25, 0.3) is 5.91 Å². The molecule has 196 valence electrons. The van der Waals surface area contributed by atoms with Crippen LogP contribution in [0.3, 0.4) is 0 Å². The molecule has 37 heavy (non-hydrogen) atoms. The number of piperazine rings is 1. The van der Waals surface area contributed by atoms with Gasteiger partial charge in [0.1, 0.15) is 0 Å². The average molecular weight is 538 g/mol. The number of hydrogen-bond acceptors (Lipinski definition) is 5. The number of rotatable bonds is 10. The van der Waals surface area contributed by atoms with Crippen molar-refractivity contribution in [1.29, 1.82) is 0 Å². The van der Waals surface area contributed by atoms with E-state index in [4.69, 9.17) is 0 Å². The number of carbonyl (C=O) groups excluding carboxylic acids is 1. The molecule has 0 spiro atoms. The van der Waals surface area contributed by atoms with E-state index < -0.39 is 10.0 Å². The zero-order valence-electron chi connectivity index (χ0n) is 21.5. The summed E-state index contributed by atoms with van der Waals surface area (Å²) in [6.45, 7) is 7.72. The van der Waals surface area contributed by atoms with E-state index in [9.17, 15) is 13.2 Å². The predicted octanol–water partition coefficient (Wildman–Crippen LogP) is 4.47. The first-order chi connectivity index (χ1) is 17.8. The molecule has 1 heterocycles. The van der Waals surface area contributed by atoms with Crippen molar-refractivity contribution in [2.75, 3.05) is 38.5 Å². The minimum absolute atomic E-state index is 0.0574. The van der Waals surface area contributed by atoms with Crippen LogP contribution in [0.2, 0.25) is 0 Å². The number of sulfonamides is 1. The minimum atomic E-state index is -3.46. The molecule has 3 aromatic carbocycles. The summed E-state index contributed by atoms with van der Waals surface area (Å²) in [6.07, 6.45) is 0. The van der Waals surface area contributed by atoms with Crippen LogP contribution in [-0.4, -0.2) is 62.0 Å². The van der Waals surface area contributed by atoms with Crippen molar-refractivity contribution in [3.63, 3.8) is 0 Å². The Balaban J connectivity index is 1.19. The van der Waals surface area contributed by atoms with Gasteiger partial charge in [-0.2, -0.15) is 16.1 Å². The standard InChI is InChI=1S/C29H35N3O3S2/c1-23-7-13-28(14-8-23)37(34,35)32-18-16-31(17-19-32)21-25-9-11-26(12-10-25)29(33)30-15-20-36-22-27-6-4-3-5-24(27)2/h3-14H,15-22H2,1-2H3,(H,30,33). The van der Waals surface area contributed by atoms with Crippen molar-refractivity contribution < 1.29 is 13.2 Å². The van der Waals surface area contributed by atoms with Crippen LogP contribution in [0, 0.1) is 13.8 Å². The van der Waals surface area contributed by atoms with Crippen LogP contribution >= 0.6 is 11.8 Å². The summed E-state index contributed by atoms with van der Waals surface area (Å²) in [6, 6.07) is 23.1. The lowest BCUT2D eigenvalue weighted by molar-refractivity contribution is 0.0956. The zero-order valence-corrected chi connectivity index (χ0v) is 23.2. The maximum Gasteiger partial charge on any atom is 0.251 e. The molecule has 4 rings (SSSR count). The van der Waals surface area contributed by atoms with Crippen LogP contribution in [0.1, 0.15) is 32.6 Å². The van der Waals surface area contributed by atoms with Crippen LogP contribution in [0.5, 0.6) is 0 Å². The van der Waals surface area contributed by atoms with Gasteiger partial charge in [-0.15, -0.1) is 0 Å². The summed E-state index contributed by atoms with van der Waals surface area (Å²) < 4.78 is 27.4. The van der Waals surface area contributed by atoms with Crippen molar-refractivity contribution in [3.05, 3.63) is 101 Å². The fourth-order valence-corrected chi connectivity index (χ4v) is 6.66. The van der Waals surface area contributed by atoms with Gasteiger partial charge < -0.3 is 5.32 Å². The highest BCUT2D eigenvalue weighted by atomic mass is 32.2. The summed E-state index contributed by atoms with van der Waals surface area (Å²) in [7, 11) is -3.46. The number of hydrogen-bond donors (Lipinski definition) is 1. The lowest BCUT2D eigenvalue weighted by Gasteiger charge is -2.34. The Kier molecular flexibility index (Phi) is 9.43. The van der Waals surface area contributed by atoms with Crippen LogP contribution in [0.15, 0.2) is 77.7 Å². The van der Waals surface area contributed by atoms with E-state index in [0.717, 1.165) is 29.2 Å². The largest absolute Gasteiger partial charge is 0.351 e. The van der Waals surface area contributed by atoms with Gasteiger partial charge in [0.05, 0.1) is 4.90 Å². The molecule has 6 nitrogen and oxygen atoms in total. The van der Waals surface area contributed by atoms with Gasteiger partial charge in [-0.1, -0.05) is 54.1 Å².